The Morgan fingerprint density at radius 2 is 2.16 bits per heavy atom. The molecule has 0 atom stereocenters. The molecule has 1 aliphatic carbocycles. The Morgan fingerprint density at radius 1 is 1.42 bits per heavy atom. The van der Waals surface area contributed by atoms with Gasteiger partial charge in [-0.05, 0) is 38.8 Å². The van der Waals surface area contributed by atoms with Gasteiger partial charge >= 0.3 is 0 Å². The molecular weight excluding hydrogens is 238 g/mol. The Hall–Kier alpha value is -1.58. The van der Waals surface area contributed by atoms with Gasteiger partial charge in [0.25, 0.3) is 5.91 Å². The second-order valence-corrected chi connectivity index (χ2v) is 4.96. The molecular formula is C15H23N3O. The van der Waals surface area contributed by atoms with Crippen molar-refractivity contribution in [3.63, 3.8) is 0 Å². The minimum atomic E-state index is 0.110. The Labute approximate surface area is 115 Å². The predicted octanol–water partition coefficient (Wildman–Crippen LogP) is 2.92. The van der Waals surface area contributed by atoms with Crippen LogP contribution in [0, 0.1) is 0 Å². The number of hydrogen-bond donors (Lipinski definition) is 1. The molecule has 0 radical (unpaired) electrons. The van der Waals surface area contributed by atoms with E-state index in [1.165, 1.54) is 12.8 Å². The van der Waals surface area contributed by atoms with E-state index >= 15 is 0 Å². The van der Waals surface area contributed by atoms with Crippen LogP contribution < -0.4 is 5.32 Å². The molecule has 0 aromatic carbocycles. The van der Waals surface area contributed by atoms with Gasteiger partial charge in [0.2, 0.25) is 0 Å². The normalized spacial score (nSPS) is 15.5. The second-order valence-electron chi connectivity index (χ2n) is 4.96. The maximum absolute atomic E-state index is 12.7. The predicted molar refractivity (Wildman–Crippen MR) is 77.4 cm³/mol. The minimum Gasteiger partial charge on any atom is -0.370 e. The molecule has 1 aromatic rings. The molecule has 1 aliphatic rings. The van der Waals surface area contributed by atoms with E-state index in [1.807, 2.05) is 24.0 Å². The van der Waals surface area contributed by atoms with Crippen molar-refractivity contribution in [2.24, 2.45) is 0 Å². The minimum absolute atomic E-state index is 0.110. The van der Waals surface area contributed by atoms with Gasteiger partial charge in [0, 0.05) is 25.3 Å². The summed E-state index contributed by atoms with van der Waals surface area (Å²) in [5.41, 5.74) is 0.693. The van der Waals surface area contributed by atoms with Crippen molar-refractivity contribution < 1.29 is 4.79 Å². The van der Waals surface area contributed by atoms with E-state index in [9.17, 15) is 4.79 Å². The molecule has 0 bridgehead atoms. The number of hydrogen-bond acceptors (Lipinski definition) is 3. The van der Waals surface area contributed by atoms with Gasteiger partial charge in [-0.25, -0.2) is 4.98 Å². The Kier molecular flexibility index (Phi) is 4.77. The molecule has 1 saturated carbocycles. The summed E-state index contributed by atoms with van der Waals surface area (Å²) in [5, 5.41) is 3.17. The van der Waals surface area contributed by atoms with Crippen LogP contribution in [0.4, 0.5) is 5.82 Å². The van der Waals surface area contributed by atoms with Crippen molar-refractivity contribution in [2.75, 3.05) is 18.4 Å². The maximum atomic E-state index is 12.7. The lowest BCUT2D eigenvalue weighted by Gasteiger charge is -2.28. The van der Waals surface area contributed by atoms with Crippen LogP contribution in [0.1, 0.15) is 49.9 Å². The highest BCUT2D eigenvalue weighted by Gasteiger charge is 2.27. The van der Waals surface area contributed by atoms with Crippen molar-refractivity contribution >= 4 is 11.7 Å². The number of nitrogens with one attached hydrogen (secondary N) is 1. The fraction of sp³-hybridized carbons (Fsp3) is 0.600. The van der Waals surface area contributed by atoms with Crippen molar-refractivity contribution in [1.29, 1.82) is 0 Å². The van der Waals surface area contributed by atoms with Crippen LogP contribution >= 0.6 is 0 Å². The third-order valence-electron chi connectivity index (χ3n) is 3.75. The SMILES string of the molecule is CCNc1ncccc1C(=O)N(CC)C1CCCC1. The first-order chi connectivity index (χ1) is 9.27. The van der Waals surface area contributed by atoms with Gasteiger partial charge in [0.05, 0.1) is 5.56 Å². The van der Waals surface area contributed by atoms with Gasteiger partial charge in [0.1, 0.15) is 5.82 Å². The van der Waals surface area contributed by atoms with Gasteiger partial charge in [0.15, 0.2) is 0 Å². The van der Waals surface area contributed by atoms with Gasteiger partial charge in [-0.2, -0.15) is 0 Å². The van der Waals surface area contributed by atoms with E-state index < -0.39 is 0 Å². The summed E-state index contributed by atoms with van der Waals surface area (Å²) in [7, 11) is 0. The molecule has 1 aromatic heterocycles. The quantitative estimate of drug-likeness (QED) is 0.886. The van der Waals surface area contributed by atoms with Crippen molar-refractivity contribution in [3.8, 4) is 0 Å². The average molecular weight is 261 g/mol. The van der Waals surface area contributed by atoms with Crippen LogP contribution in [0.25, 0.3) is 0 Å². The molecule has 1 fully saturated rings. The zero-order valence-electron chi connectivity index (χ0n) is 11.9. The largest absolute Gasteiger partial charge is 0.370 e. The average Bonchev–Trinajstić information content (AvgIpc) is 2.94. The zero-order valence-corrected chi connectivity index (χ0v) is 11.9. The number of rotatable bonds is 5. The van der Waals surface area contributed by atoms with Crippen LogP contribution in [0.2, 0.25) is 0 Å². The van der Waals surface area contributed by atoms with E-state index in [4.69, 9.17) is 0 Å². The molecule has 0 spiro atoms. The summed E-state index contributed by atoms with van der Waals surface area (Å²) in [6.45, 7) is 5.60. The number of anilines is 1. The standard InChI is InChI=1S/C15H23N3O/c1-3-16-14-13(10-7-11-17-14)15(19)18(4-2)12-8-5-6-9-12/h7,10-12H,3-6,8-9H2,1-2H3,(H,16,17). The van der Waals surface area contributed by atoms with E-state index in [-0.39, 0.29) is 5.91 Å². The highest BCUT2D eigenvalue weighted by Crippen LogP contribution is 2.25. The first-order valence-electron chi connectivity index (χ1n) is 7.27. The molecule has 1 amide bonds. The summed E-state index contributed by atoms with van der Waals surface area (Å²) in [6, 6.07) is 4.11. The number of nitrogens with zero attached hydrogens (tertiary/aromatic N) is 2. The molecule has 4 heteroatoms. The highest BCUT2D eigenvalue weighted by atomic mass is 16.2. The monoisotopic (exact) mass is 261 g/mol. The lowest BCUT2D eigenvalue weighted by Crippen LogP contribution is -2.39. The third kappa shape index (κ3) is 3.06. The zero-order chi connectivity index (χ0) is 13.7. The van der Waals surface area contributed by atoms with Gasteiger partial charge in [-0.1, -0.05) is 12.8 Å². The Bertz CT molecular complexity index is 427. The molecule has 19 heavy (non-hydrogen) atoms. The number of pyridine rings is 1. The lowest BCUT2D eigenvalue weighted by atomic mass is 10.1. The maximum Gasteiger partial charge on any atom is 0.257 e. The van der Waals surface area contributed by atoms with Crippen LogP contribution in [0.15, 0.2) is 18.3 Å². The molecule has 0 unspecified atom stereocenters. The van der Waals surface area contributed by atoms with Crippen LogP contribution in [-0.4, -0.2) is 34.9 Å². The summed E-state index contributed by atoms with van der Waals surface area (Å²) < 4.78 is 0. The molecule has 4 nitrogen and oxygen atoms in total. The topological polar surface area (TPSA) is 45.2 Å². The van der Waals surface area contributed by atoms with Crippen molar-refractivity contribution in [3.05, 3.63) is 23.9 Å². The first-order valence-corrected chi connectivity index (χ1v) is 7.27. The molecule has 104 valence electrons. The highest BCUT2D eigenvalue weighted by molar-refractivity contribution is 5.98. The summed E-state index contributed by atoms with van der Waals surface area (Å²) >= 11 is 0. The van der Waals surface area contributed by atoms with E-state index in [1.54, 1.807) is 6.20 Å². The molecule has 1 N–H and O–H groups in total. The first kappa shape index (κ1) is 13.8. The van der Waals surface area contributed by atoms with Gasteiger partial charge in [-0.3, -0.25) is 4.79 Å². The van der Waals surface area contributed by atoms with Crippen LogP contribution in [-0.2, 0) is 0 Å². The molecule has 0 aliphatic heterocycles. The van der Waals surface area contributed by atoms with E-state index in [0.717, 1.165) is 25.9 Å². The molecule has 1 heterocycles. The summed E-state index contributed by atoms with van der Waals surface area (Å²) in [5.74, 6) is 0.810. The fourth-order valence-electron chi connectivity index (χ4n) is 2.82. The third-order valence-corrected chi connectivity index (χ3v) is 3.75. The molecule has 0 saturated heterocycles. The summed E-state index contributed by atoms with van der Waals surface area (Å²) in [6.07, 6.45) is 6.47. The number of carbonyl (C=O) groups is 1. The Morgan fingerprint density at radius 3 is 2.79 bits per heavy atom. The van der Waals surface area contributed by atoms with E-state index in [0.29, 0.717) is 17.4 Å². The lowest BCUT2D eigenvalue weighted by molar-refractivity contribution is 0.0694. The summed E-state index contributed by atoms with van der Waals surface area (Å²) in [4.78, 5) is 19.0. The van der Waals surface area contributed by atoms with E-state index in [2.05, 4.69) is 17.2 Å². The van der Waals surface area contributed by atoms with Gasteiger partial charge < -0.3 is 10.2 Å². The fourth-order valence-corrected chi connectivity index (χ4v) is 2.82. The number of amides is 1. The second kappa shape index (κ2) is 6.55. The smallest absolute Gasteiger partial charge is 0.257 e. The van der Waals surface area contributed by atoms with Crippen molar-refractivity contribution in [1.82, 2.24) is 9.88 Å². The van der Waals surface area contributed by atoms with Gasteiger partial charge in [-0.15, -0.1) is 0 Å². The van der Waals surface area contributed by atoms with Crippen LogP contribution in [0.5, 0.6) is 0 Å². The number of carbonyl (C=O) groups excluding carboxylic acids is 1. The molecule has 2 rings (SSSR count). The van der Waals surface area contributed by atoms with Crippen molar-refractivity contribution in [2.45, 2.75) is 45.6 Å². The van der Waals surface area contributed by atoms with Crippen LogP contribution in [0.3, 0.4) is 0 Å². The Balaban J connectivity index is 2.21. The number of aromatic nitrogens is 1.